The molecule has 0 amide bonds. The minimum atomic E-state index is -0.583. The molecule has 1 atom stereocenters. The number of nitriles is 1. The van der Waals surface area contributed by atoms with Crippen LogP contribution in [0.2, 0.25) is 0 Å². The molecule has 2 heterocycles. The first-order chi connectivity index (χ1) is 15.6. The van der Waals surface area contributed by atoms with Crippen molar-refractivity contribution >= 4 is 40.3 Å². The number of aryl methyl sites for hydroxylation is 1. The maximum Gasteiger partial charge on any atom is 0.293 e. The number of nitro groups is 1. The largest absolute Gasteiger partial charge is 0.384 e. The molecule has 1 aliphatic carbocycles. The third kappa shape index (κ3) is 3.83. The van der Waals surface area contributed by atoms with Gasteiger partial charge in [-0.3, -0.25) is 19.8 Å². The zero-order valence-corrected chi connectivity index (χ0v) is 20.5. The number of nitro benzene ring substituents is 1. The Labute approximate surface area is 200 Å². The van der Waals surface area contributed by atoms with E-state index in [4.69, 9.17) is 5.73 Å². The minimum Gasteiger partial charge on any atom is -0.384 e. The van der Waals surface area contributed by atoms with Gasteiger partial charge in [-0.15, -0.1) is 23.1 Å². The number of allylic oxidation sites excluding steroid dienone is 3. The smallest absolute Gasteiger partial charge is 0.293 e. The second kappa shape index (κ2) is 8.36. The van der Waals surface area contributed by atoms with Crippen molar-refractivity contribution in [2.75, 3.05) is 11.2 Å². The summed E-state index contributed by atoms with van der Waals surface area (Å²) in [6, 6.07) is 10.6. The number of hydrogen-bond donors (Lipinski definition) is 1. The second-order valence-corrected chi connectivity index (χ2v) is 11.4. The fourth-order valence-corrected chi connectivity index (χ4v) is 6.69. The van der Waals surface area contributed by atoms with Crippen molar-refractivity contribution in [3.8, 4) is 6.07 Å². The summed E-state index contributed by atoms with van der Waals surface area (Å²) in [4.78, 5) is 27.6. The third-order valence-corrected chi connectivity index (χ3v) is 8.26. The molecular weight excluding hydrogens is 456 g/mol. The summed E-state index contributed by atoms with van der Waals surface area (Å²) in [5, 5.41) is 22.0. The van der Waals surface area contributed by atoms with Gasteiger partial charge in [0.05, 0.1) is 26.7 Å². The maximum absolute atomic E-state index is 13.6. The molecule has 170 valence electrons. The van der Waals surface area contributed by atoms with Gasteiger partial charge >= 0.3 is 0 Å². The van der Waals surface area contributed by atoms with E-state index in [1.54, 1.807) is 46.2 Å². The van der Waals surface area contributed by atoms with Crippen LogP contribution in [0.5, 0.6) is 0 Å². The van der Waals surface area contributed by atoms with Crippen LogP contribution in [0.3, 0.4) is 0 Å². The molecule has 0 saturated heterocycles. The van der Waals surface area contributed by atoms with Crippen LogP contribution in [-0.4, -0.2) is 17.0 Å². The molecule has 7 nitrogen and oxygen atoms in total. The van der Waals surface area contributed by atoms with E-state index in [2.05, 4.69) is 6.07 Å². The van der Waals surface area contributed by atoms with Crippen LogP contribution in [0.25, 0.3) is 0 Å². The monoisotopic (exact) mass is 480 g/mol. The Morgan fingerprint density at radius 1 is 1.33 bits per heavy atom. The van der Waals surface area contributed by atoms with Crippen LogP contribution >= 0.6 is 23.1 Å². The summed E-state index contributed by atoms with van der Waals surface area (Å²) in [5.74, 6) is -0.497. The molecule has 0 radical (unpaired) electrons. The Hall–Kier alpha value is -3.09. The lowest BCUT2D eigenvalue weighted by Gasteiger charge is -2.43. The molecule has 0 unspecified atom stereocenters. The number of thiophene rings is 1. The van der Waals surface area contributed by atoms with E-state index in [1.807, 2.05) is 33.1 Å². The molecule has 0 saturated carbocycles. The fourth-order valence-electron chi connectivity index (χ4n) is 4.78. The Morgan fingerprint density at radius 2 is 2.03 bits per heavy atom. The molecule has 0 bridgehead atoms. The number of carbonyl (C=O) groups is 1. The number of ketones is 1. The molecule has 0 spiro atoms. The molecule has 1 aromatic carbocycles. The normalized spacial score (nSPS) is 20.0. The fraction of sp³-hybridized carbons (Fsp3) is 0.333. The number of hydrogen-bond acceptors (Lipinski definition) is 8. The van der Waals surface area contributed by atoms with Gasteiger partial charge in [-0.1, -0.05) is 26.0 Å². The highest BCUT2D eigenvalue weighted by molar-refractivity contribution is 8.00. The van der Waals surface area contributed by atoms with Crippen molar-refractivity contribution in [2.45, 2.75) is 43.7 Å². The summed E-state index contributed by atoms with van der Waals surface area (Å²) < 4.78 is 1.03. The van der Waals surface area contributed by atoms with Gasteiger partial charge in [-0.25, -0.2) is 0 Å². The average Bonchev–Trinajstić information content (AvgIpc) is 3.12. The van der Waals surface area contributed by atoms with Gasteiger partial charge in [0.25, 0.3) is 5.69 Å². The van der Waals surface area contributed by atoms with Crippen LogP contribution in [0.1, 0.15) is 43.0 Å². The Balaban J connectivity index is 2.06. The number of carbonyl (C=O) groups excluding carboxylic acids is 1. The lowest BCUT2D eigenvalue weighted by molar-refractivity contribution is -0.384. The average molecular weight is 481 g/mol. The standard InChI is InChI=1S/C24H24N4O3S2/c1-13-9-14(23(32-4)33-13)20-15(12-25)22(26)27(16-7-5-6-8-17(16)28(30)31)18-10-24(2,3)11-19(29)21(18)20/h5-9,20H,10-11,26H2,1-4H3/t20-/m0/s1. The predicted octanol–water partition coefficient (Wildman–Crippen LogP) is 5.63. The maximum atomic E-state index is 13.6. The topological polar surface area (TPSA) is 113 Å². The lowest BCUT2D eigenvalue weighted by Crippen LogP contribution is -2.42. The first kappa shape index (κ1) is 23.1. The van der Waals surface area contributed by atoms with Gasteiger partial charge in [0.1, 0.15) is 11.5 Å². The summed E-state index contributed by atoms with van der Waals surface area (Å²) in [5.41, 5.74) is 8.70. The van der Waals surface area contributed by atoms with Crippen LogP contribution in [-0.2, 0) is 4.79 Å². The molecule has 9 heteroatoms. The lowest BCUT2D eigenvalue weighted by atomic mass is 9.69. The SMILES string of the molecule is CSc1sc(C)cc1[C@H]1C(C#N)=C(N)N(c2ccccc2[N+](=O)[O-])C2=C1C(=O)CC(C)(C)C2. The summed E-state index contributed by atoms with van der Waals surface area (Å²) in [6.45, 7) is 6.00. The van der Waals surface area contributed by atoms with E-state index in [9.17, 15) is 20.2 Å². The number of rotatable bonds is 4. The van der Waals surface area contributed by atoms with E-state index in [0.717, 1.165) is 14.6 Å². The van der Waals surface area contributed by atoms with Gasteiger partial charge in [0, 0.05) is 28.6 Å². The molecule has 1 aliphatic heterocycles. The van der Waals surface area contributed by atoms with Crippen molar-refractivity contribution in [2.24, 2.45) is 11.1 Å². The highest BCUT2D eigenvalue weighted by Crippen LogP contribution is 2.53. The van der Waals surface area contributed by atoms with Crippen molar-refractivity contribution in [3.05, 3.63) is 73.6 Å². The molecule has 2 N–H and O–H groups in total. The van der Waals surface area contributed by atoms with E-state index >= 15 is 0 Å². The first-order valence-corrected chi connectivity index (χ1v) is 12.5. The van der Waals surface area contributed by atoms with Crippen LogP contribution in [0.15, 0.2) is 57.2 Å². The number of nitrogens with two attached hydrogens (primary N) is 1. The van der Waals surface area contributed by atoms with Crippen LogP contribution in [0.4, 0.5) is 11.4 Å². The quantitative estimate of drug-likeness (QED) is 0.343. The number of thioether (sulfide) groups is 1. The van der Waals surface area contributed by atoms with E-state index in [0.29, 0.717) is 24.1 Å². The Kier molecular flexibility index (Phi) is 5.85. The van der Waals surface area contributed by atoms with Crippen LogP contribution < -0.4 is 10.6 Å². The summed E-state index contributed by atoms with van der Waals surface area (Å²) in [7, 11) is 0. The molecule has 2 aliphatic rings. The zero-order valence-electron chi connectivity index (χ0n) is 18.8. The van der Waals surface area contributed by atoms with Crippen molar-refractivity contribution in [1.29, 1.82) is 5.26 Å². The Bertz CT molecular complexity index is 1280. The highest BCUT2D eigenvalue weighted by atomic mass is 32.2. The first-order valence-electron chi connectivity index (χ1n) is 10.4. The second-order valence-electron chi connectivity index (χ2n) is 9.03. The summed E-state index contributed by atoms with van der Waals surface area (Å²) >= 11 is 3.20. The highest BCUT2D eigenvalue weighted by Gasteiger charge is 2.46. The van der Waals surface area contributed by atoms with Gasteiger partial charge in [-0.2, -0.15) is 5.26 Å². The minimum absolute atomic E-state index is 0.0500. The van der Waals surface area contributed by atoms with Gasteiger partial charge in [0.2, 0.25) is 0 Å². The third-order valence-electron chi connectivity index (χ3n) is 6.04. The molecule has 0 fully saturated rings. The zero-order chi connectivity index (χ0) is 24.1. The summed E-state index contributed by atoms with van der Waals surface area (Å²) in [6.07, 6.45) is 2.81. The van der Waals surface area contributed by atoms with Gasteiger partial charge in [0.15, 0.2) is 5.78 Å². The van der Waals surface area contributed by atoms with E-state index in [-0.39, 0.29) is 34.0 Å². The van der Waals surface area contributed by atoms with Crippen molar-refractivity contribution in [1.82, 2.24) is 0 Å². The number of Topliss-reactive ketones (excluding diaryl/α,β-unsaturated/α-hetero) is 1. The molecule has 4 rings (SSSR count). The van der Waals surface area contributed by atoms with Crippen molar-refractivity contribution in [3.63, 3.8) is 0 Å². The molecule has 2 aromatic rings. The van der Waals surface area contributed by atoms with Gasteiger partial charge < -0.3 is 5.73 Å². The Morgan fingerprint density at radius 3 is 2.67 bits per heavy atom. The molecule has 1 aromatic heterocycles. The number of para-hydroxylation sites is 2. The van der Waals surface area contributed by atoms with Crippen molar-refractivity contribution < 1.29 is 9.72 Å². The molecular formula is C24H24N4O3S2. The molecule has 33 heavy (non-hydrogen) atoms. The number of anilines is 1. The van der Waals surface area contributed by atoms with Gasteiger partial charge in [-0.05, 0) is 42.7 Å². The predicted molar refractivity (Wildman–Crippen MR) is 131 cm³/mol. The number of benzene rings is 1. The van der Waals surface area contributed by atoms with E-state index < -0.39 is 10.8 Å². The number of nitrogens with zero attached hydrogens (tertiary/aromatic N) is 3. The van der Waals surface area contributed by atoms with E-state index in [1.165, 1.54) is 6.07 Å². The van der Waals surface area contributed by atoms with Crippen LogP contribution in [0, 0.1) is 33.8 Å².